The van der Waals surface area contributed by atoms with Crippen LogP contribution in [-0.4, -0.2) is 68.1 Å². The van der Waals surface area contributed by atoms with Crippen LogP contribution in [0.3, 0.4) is 0 Å². The van der Waals surface area contributed by atoms with E-state index in [-0.39, 0.29) is 23.6 Å². The summed E-state index contributed by atoms with van der Waals surface area (Å²) in [6, 6.07) is 13.0. The SMILES string of the molecule is CCOc1ccc(C(=O)N[C@@H](C(=O)Nc2ccc(NC(=O)CN3CCOCC3)cc2)C(C)C)cc1. The fraction of sp³-hybridized carbons (Fsp3) is 0.423. The monoisotopic (exact) mass is 482 g/mol. The second-order valence-corrected chi connectivity index (χ2v) is 8.66. The van der Waals surface area contributed by atoms with Crippen LogP contribution in [0.1, 0.15) is 31.1 Å². The number of amides is 3. The summed E-state index contributed by atoms with van der Waals surface area (Å²) in [5.41, 5.74) is 1.66. The van der Waals surface area contributed by atoms with Gasteiger partial charge >= 0.3 is 0 Å². The lowest BCUT2D eigenvalue weighted by Gasteiger charge is -2.25. The predicted molar refractivity (Wildman–Crippen MR) is 135 cm³/mol. The molecule has 188 valence electrons. The lowest BCUT2D eigenvalue weighted by atomic mass is 10.0. The van der Waals surface area contributed by atoms with E-state index in [2.05, 4.69) is 16.0 Å². The van der Waals surface area contributed by atoms with E-state index >= 15 is 0 Å². The van der Waals surface area contributed by atoms with Crippen molar-refractivity contribution in [3.8, 4) is 5.75 Å². The van der Waals surface area contributed by atoms with Crippen LogP contribution in [0.5, 0.6) is 5.75 Å². The molecule has 0 spiro atoms. The van der Waals surface area contributed by atoms with Crippen molar-refractivity contribution in [1.29, 1.82) is 0 Å². The van der Waals surface area contributed by atoms with Gasteiger partial charge in [-0.25, -0.2) is 0 Å². The molecule has 1 saturated heterocycles. The Morgan fingerprint density at radius 2 is 1.54 bits per heavy atom. The Morgan fingerprint density at radius 1 is 0.943 bits per heavy atom. The first-order chi connectivity index (χ1) is 16.9. The van der Waals surface area contributed by atoms with Gasteiger partial charge in [-0.05, 0) is 61.4 Å². The van der Waals surface area contributed by atoms with Gasteiger partial charge < -0.3 is 25.4 Å². The molecule has 1 fully saturated rings. The number of hydrogen-bond acceptors (Lipinski definition) is 6. The number of benzene rings is 2. The number of hydrogen-bond donors (Lipinski definition) is 3. The average molecular weight is 483 g/mol. The minimum absolute atomic E-state index is 0.0967. The highest BCUT2D eigenvalue weighted by molar-refractivity contribution is 6.01. The molecular formula is C26H34N4O5. The van der Waals surface area contributed by atoms with Crippen molar-refractivity contribution in [2.75, 3.05) is 50.1 Å². The summed E-state index contributed by atoms with van der Waals surface area (Å²) in [5.74, 6) is -0.187. The van der Waals surface area contributed by atoms with Crippen LogP contribution >= 0.6 is 0 Å². The third-order valence-electron chi connectivity index (χ3n) is 5.57. The fourth-order valence-electron chi connectivity index (χ4n) is 3.65. The summed E-state index contributed by atoms with van der Waals surface area (Å²) >= 11 is 0. The lowest BCUT2D eigenvalue weighted by Crippen LogP contribution is -2.47. The smallest absolute Gasteiger partial charge is 0.251 e. The van der Waals surface area contributed by atoms with E-state index in [1.807, 2.05) is 25.7 Å². The Hall–Kier alpha value is -3.43. The maximum absolute atomic E-state index is 12.9. The summed E-state index contributed by atoms with van der Waals surface area (Å²) in [7, 11) is 0. The van der Waals surface area contributed by atoms with E-state index in [4.69, 9.17) is 9.47 Å². The van der Waals surface area contributed by atoms with Crippen molar-refractivity contribution in [2.24, 2.45) is 5.92 Å². The highest BCUT2D eigenvalue weighted by Crippen LogP contribution is 2.16. The summed E-state index contributed by atoms with van der Waals surface area (Å²) in [5, 5.41) is 8.53. The zero-order valence-electron chi connectivity index (χ0n) is 20.5. The third-order valence-corrected chi connectivity index (χ3v) is 5.57. The van der Waals surface area contributed by atoms with Crippen LogP contribution in [0.15, 0.2) is 48.5 Å². The van der Waals surface area contributed by atoms with Crippen LogP contribution in [0, 0.1) is 5.92 Å². The zero-order valence-corrected chi connectivity index (χ0v) is 20.5. The summed E-state index contributed by atoms with van der Waals surface area (Å²) in [6.07, 6.45) is 0. The topological polar surface area (TPSA) is 109 Å². The molecule has 9 nitrogen and oxygen atoms in total. The highest BCUT2D eigenvalue weighted by Gasteiger charge is 2.25. The standard InChI is InChI=1S/C26H34N4O5/c1-4-35-22-11-5-19(6-12-22)25(32)29-24(18(2)3)26(33)28-21-9-7-20(8-10-21)27-23(31)17-30-13-15-34-16-14-30/h5-12,18,24H,4,13-17H2,1-3H3,(H,27,31)(H,28,33)(H,29,32)/t24-/m1/s1. The number of carbonyl (C=O) groups excluding carboxylic acids is 3. The van der Waals surface area contributed by atoms with Crippen LogP contribution in [0.25, 0.3) is 0 Å². The molecule has 3 rings (SSSR count). The minimum Gasteiger partial charge on any atom is -0.494 e. The van der Waals surface area contributed by atoms with Gasteiger partial charge in [-0.3, -0.25) is 19.3 Å². The number of carbonyl (C=O) groups is 3. The van der Waals surface area contributed by atoms with Crippen molar-refractivity contribution in [1.82, 2.24) is 10.2 Å². The van der Waals surface area contributed by atoms with Gasteiger partial charge in [-0.2, -0.15) is 0 Å². The van der Waals surface area contributed by atoms with Gasteiger partial charge in [-0.1, -0.05) is 13.8 Å². The molecule has 0 bridgehead atoms. The first-order valence-corrected chi connectivity index (χ1v) is 11.9. The Labute approximate surface area is 206 Å². The Morgan fingerprint density at radius 3 is 2.11 bits per heavy atom. The van der Waals surface area contributed by atoms with E-state index in [9.17, 15) is 14.4 Å². The first kappa shape index (κ1) is 26.2. The van der Waals surface area contributed by atoms with Crippen molar-refractivity contribution < 1.29 is 23.9 Å². The molecule has 0 radical (unpaired) electrons. The van der Waals surface area contributed by atoms with E-state index < -0.39 is 6.04 Å². The molecule has 3 N–H and O–H groups in total. The molecule has 0 unspecified atom stereocenters. The number of morpholine rings is 1. The molecule has 9 heteroatoms. The summed E-state index contributed by atoms with van der Waals surface area (Å²) < 4.78 is 10.7. The maximum Gasteiger partial charge on any atom is 0.251 e. The fourth-order valence-corrected chi connectivity index (χ4v) is 3.65. The number of nitrogens with one attached hydrogen (secondary N) is 3. The van der Waals surface area contributed by atoms with E-state index in [0.29, 0.717) is 49.1 Å². The molecule has 0 aliphatic carbocycles. The van der Waals surface area contributed by atoms with Gasteiger partial charge in [0.25, 0.3) is 5.91 Å². The average Bonchev–Trinajstić information content (AvgIpc) is 2.84. The first-order valence-electron chi connectivity index (χ1n) is 11.9. The molecular weight excluding hydrogens is 448 g/mol. The molecule has 2 aromatic carbocycles. The van der Waals surface area contributed by atoms with E-state index in [1.54, 1.807) is 48.5 Å². The number of rotatable bonds is 10. The van der Waals surface area contributed by atoms with Crippen LogP contribution < -0.4 is 20.7 Å². The normalized spacial score (nSPS) is 14.7. The van der Waals surface area contributed by atoms with Gasteiger partial charge in [0.15, 0.2) is 0 Å². The van der Waals surface area contributed by atoms with Crippen molar-refractivity contribution in [3.05, 3.63) is 54.1 Å². The molecule has 1 aliphatic rings. The molecule has 1 aliphatic heterocycles. The maximum atomic E-state index is 12.9. The molecule has 0 saturated carbocycles. The van der Waals surface area contributed by atoms with Gasteiger partial charge in [0.2, 0.25) is 11.8 Å². The summed E-state index contributed by atoms with van der Waals surface area (Å²) in [6.45, 7) is 9.25. The Bertz CT molecular complexity index is 986. The largest absolute Gasteiger partial charge is 0.494 e. The van der Waals surface area contributed by atoms with Gasteiger partial charge in [0.1, 0.15) is 11.8 Å². The van der Waals surface area contributed by atoms with Crippen LogP contribution in [0.2, 0.25) is 0 Å². The number of anilines is 2. The van der Waals surface area contributed by atoms with Crippen molar-refractivity contribution >= 4 is 29.1 Å². The molecule has 2 aromatic rings. The summed E-state index contributed by atoms with van der Waals surface area (Å²) in [4.78, 5) is 39.9. The van der Waals surface area contributed by atoms with Gasteiger partial charge in [0.05, 0.1) is 26.4 Å². The third kappa shape index (κ3) is 8.08. The Kier molecular flexibility index (Phi) is 9.63. The lowest BCUT2D eigenvalue weighted by molar-refractivity contribution is -0.119. The quantitative estimate of drug-likeness (QED) is 0.481. The van der Waals surface area contributed by atoms with E-state index in [0.717, 1.165) is 13.1 Å². The van der Waals surface area contributed by atoms with Crippen molar-refractivity contribution in [3.63, 3.8) is 0 Å². The molecule has 3 amide bonds. The van der Waals surface area contributed by atoms with Crippen LogP contribution in [0.4, 0.5) is 11.4 Å². The van der Waals surface area contributed by atoms with Crippen LogP contribution in [-0.2, 0) is 14.3 Å². The number of ether oxygens (including phenoxy) is 2. The van der Waals surface area contributed by atoms with Gasteiger partial charge in [0, 0.05) is 30.0 Å². The second-order valence-electron chi connectivity index (χ2n) is 8.66. The molecule has 35 heavy (non-hydrogen) atoms. The minimum atomic E-state index is -0.720. The Balaban J connectivity index is 1.53. The number of nitrogens with zero attached hydrogens (tertiary/aromatic N) is 1. The van der Waals surface area contributed by atoms with Gasteiger partial charge in [-0.15, -0.1) is 0 Å². The molecule has 0 aromatic heterocycles. The molecule has 1 atom stereocenters. The molecule has 1 heterocycles. The second kappa shape index (κ2) is 12.9. The highest BCUT2D eigenvalue weighted by atomic mass is 16.5. The zero-order chi connectivity index (χ0) is 25.2. The van der Waals surface area contributed by atoms with Crippen molar-refractivity contribution in [2.45, 2.75) is 26.8 Å². The van der Waals surface area contributed by atoms with E-state index in [1.165, 1.54) is 0 Å². The predicted octanol–water partition coefficient (Wildman–Crippen LogP) is 2.75.